The minimum atomic E-state index is -0.121. The van der Waals surface area contributed by atoms with Crippen LogP contribution in [0.25, 0.3) is 17.0 Å². The van der Waals surface area contributed by atoms with Crippen molar-refractivity contribution in [1.82, 2.24) is 10.3 Å². The van der Waals surface area contributed by atoms with Crippen molar-refractivity contribution in [3.8, 4) is 0 Å². The second-order valence-electron chi connectivity index (χ2n) is 9.59. The average molecular weight is 564 g/mol. The fraction of sp³-hybridized carbons (Fsp3) is 0.0909. The van der Waals surface area contributed by atoms with Gasteiger partial charge in [0.2, 0.25) is 0 Å². The monoisotopic (exact) mass is 563 g/mol. The fourth-order valence-electron chi connectivity index (χ4n) is 4.87. The highest BCUT2D eigenvalue weighted by Gasteiger charge is 2.29. The summed E-state index contributed by atoms with van der Waals surface area (Å²) in [4.78, 5) is 33.1. The van der Waals surface area contributed by atoms with Gasteiger partial charge in [-0.15, -0.1) is 0 Å². The molecule has 1 aliphatic heterocycles. The summed E-state index contributed by atoms with van der Waals surface area (Å²) < 4.78 is 0. The zero-order valence-corrected chi connectivity index (χ0v) is 23.1. The van der Waals surface area contributed by atoms with E-state index in [0.717, 1.165) is 33.6 Å². The highest BCUT2D eigenvalue weighted by atomic mass is 35.5. The van der Waals surface area contributed by atoms with Crippen LogP contribution >= 0.6 is 23.4 Å². The number of aromatic nitrogens is 1. The zero-order chi connectivity index (χ0) is 27.5. The molecule has 5 nitrogen and oxygen atoms in total. The highest BCUT2D eigenvalue weighted by Crippen LogP contribution is 2.42. The first-order valence-electron chi connectivity index (χ1n) is 13.0. The Bertz CT molecular complexity index is 1740. The molecule has 0 radical (unpaired) electrons. The van der Waals surface area contributed by atoms with Crippen molar-refractivity contribution >= 4 is 57.8 Å². The Hall–Kier alpha value is -4.26. The Morgan fingerprint density at radius 1 is 0.950 bits per heavy atom. The van der Waals surface area contributed by atoms with E-state index < -0.39 is 0 Å². The van der Waals surface area contributed by atoms with Crippen LogP contribution in [0.5, 0.6) is 0 Å². The van der Waals surface area contributed by atoms with Crippen molar-refractivity contribution in [3.63, 3.8) is 0 Å². The summed E-state index contributed by atoms with van der Waals surface area (Å²) in [7, 11) is 0. The zero-order valence-electron chi connectivity index (χ0n) is 21.6. The molecule has 40 heavy (non-hydrogen) atoms. The van der Waals surface area contributed by atoms with E-state index in [0.29, 0.717) is 28.6 Å². The van der Waals surface area contributed by atoms with Crippen molar-refractivity contribution < 1.29 is 9.59 Å². The molecule has 4 aromatic carbocycles. The lowest BCUT2D eigenvalue weighted by molar-refractivity contribution is -0.114. The van der Waals surface area contributed by atoms with Gasteiger partial charge in [-0.25, -0.2) is 0 Å². The molecule has 198 valence electrons. The minimum absolute atomic E-state index is 0.0669. The van der Waals surface area contributed by atoms with Gasteiger partial charge in [-0.2, -0.15) is 0 Å². The molecule has 2 heterocycles. The first-order chi connectivity index (χ1) is 19.5. The fourth-order valence-corrected chi connectivity index (χ4v) is 6.14. The van der Waals surface area contributed by atoms with Crippen molar-refractivity contribution in [2.75, 3.05) is 11.4 Å². The topological polar surface area (TPSA) is 65.2 Å². The van der Waals surface area contributed by atoms with Crippen LogP contribution in [-0.4, -0.2) is 23.3 Å². The van der Waals surface area contributed by atoms with E-state index in [-0.39, 0.29) is 11.8 Å². The standard InChI is InChI=1S/C33H26ClN3O2S/c34-26-7-5-6-23(18-26)21-37-29-10-3-4-11-30(29)40-31(33(37)39)19-22-12-14-24(15-13-22)32(38)35-17-16-25-20-36-28-9-2-1-8-27(25)28/h1-15,18-20,36H,16-17,21H2,(H,35,38)/b31-19+. The Labute approximate surface area is 241 Å². The van der Waals surface area contributed by atoms with Gasteiger partial charge in [0.05, 0.1) is 17.1 Å². The summed E-state index contributed by atoms with van der Waals surface area (Å²) in [5.41, 5.74) is 5.55. The maximum absolute atomic E-state index is 13.6. The number of carbonyl (C=O) groups excluding carboxylic acids is 2. The van der Waals surface area contributed by atoms with Crippen molar-refractivity contribution in [3.05, 3.63) is 135 Å². The van der Waals surface area contributed by atoms with E-state index in [2.05, 4.69) is 16.4 Å². The van der Waals surface area contributed by atoms with Gasteiger partial charge in [-0.05, 0) is 71.7 Å². The summed E-state index contributed by atoms with van der Waals surface area (Å²) in [5, 5.41) is 4.83. The van der Waals surface area contributed by atoms with Gasteiger partial charge < -0.3 is 15.2 Å². The molecule has 0 aliphatic carbocycles. The molecule has 2 N–H and O–H groups in total. The van der Waals surface area contributed by atoms with Gasteiger partial charge in [-0.1, -0.05) is 78.0 Å². The summed E-state index contributed by atoms with van der Waals surface area (Å²) >= 11 is 7.65. The van der Waals surface area contributed by atoms with Gasteiger partial charge in [0, 0.05) is 39.1 Å². The summed E-state index contributed by atoms with van der Waals surface area (Å²) in [6, 6.07) is 31.0. The van der Waals surface area contributed by atoms with E-state index in [1.54, 1.807) is 17.0 Å². The lowest BCUT2D eigenvalue weighted by atomic mass is 10.1. The van der Waals surface area contributed by atoms with E-state index in [1.165, 1.54) is 22.7 Å². The number of anilines is 1. The van der Waals surface area contributed by atoms with Gasteiger partial charge in [0.25, 0.3) is 11.8 Å². The Morgan fingerprint density at radius 2 is 1.75 bits per heavy atom. The number of carbonyl (C=O) groups is 2. The second kappa shape index (κ2) is 11.5. The summed E-state index contributed by atoms with van der Waals surface area (Å²) in [6.07, 6.45) is 4.62. The first kappa shape index (κ1) is 26.0. The molecule has 0 saturated carbocycles. The Kier molecular flexibility index (Phi) is 7.45. The van der Waals surface area contributed by atoms with Crippen LogP contribution in [0, 0.1) is 0 Å². The van der Waals surface area contributed by atoms with Crippen LogP contribution in [0.4, 0.5) is 5.69 Å². The quantitative estimate of drug-likeness (QED) is 0.202. The molecular weight excluding hydrogens is 538 g/mol. The predicted molar refractivity (Wildman–Crippen MR) is 164 cm³/mol. The summed E-state index contributed by atoms with van der Waals surface area (Å²) in [6.45, 7) is 0.964. The third-order valence-corrected chi connectivity index (χ3v) is 8.20. The maximum Gasteiger partial charge on any atom is 0.265 e. The number of H-pyrrole nitrogens is 1. The number of halogens is 1. The van der Waals surface area contributed by atoms with Gasteiger partial charge in [-0.3, -0.25) is 9.59 Å². The van der Waals surface area contributed by atoms with Crippen molar-refractivity contribution in [2.45, 2.75) is 17.9 Å². The molecule has 7 heteroatoms. The number of thioether (sulfide) groups is 1. The normalized spacial score (nSPS) is 14.0. The molecule has 0 fully saturated rings. The molecule has 1 aromatic heterocycles. The SMILES string of the molecule is O=C(NCCc1c[nH]c2ccccc12)c1ccc(/C=C2/Sc3ccccc3N(Cc3cccc(Cl)c3)C2=O)cc1. The van der Waals surface area contributed by atoms with E-state index in [1.807, 2.05) is 91.1 Å². The number of benzene rings is 4. The van der Waals surface area contributed by atoms with Gasteiger partial charge in [0.15, 0.2) is 0 Å². The van der Waals surface area contributed by atoms with Crippen LogP contribution in [0.15, 0.2) is 113 Å². The Balaban J connectivity index is 1.15. The van der Waals surface area contributed by atoms with Gasteiger partial charge >= 0.3 is 0 Å². The minimum Gasteiger partial charge on any atom is -0.361 e. The smallest absolute Gasteiger partial charge is 0.265 e. The molecule has 0 unspecified atom stereocenters. The molecule has 0 bridgehead atoms. The van der Waals surface area contributed by atoms with E-state index >= 15 is 0 Å². The average Bonchev–Trinajstić information content (AvgIpc) is 3.38. The molecule has 0 spiro atoms. The first-order valence-corrected chi connectivity index (χ1v) is 14.2. The van der Waals surface area contributed by atoms with Gasteiger partial charge in [0.1, 0.15) is 0 Å². The largest absolute Gasteiger partial charge is 0.361 e. The molecule has 1 aliphatic rings. The lowest BCUT2D eigenvalue weighted by Gasteiger charge is -2.30. The van der Waals surface area contributed by atoms with E-state index in [4.69, 9.17) is 11.6 Å². The van der Waals surface area contributed by atoms with Crippen LogP contribution in [0.1, 0.15) is 27.0 Å². The molecule has 6 rings (SSSR count). The number of fused-ring (bicyclic) bond motifs is 2. The molecule has 0 saturated heterocycles. The molecule has 2 amide bonds. The number of hydrogen-bond acceptors (Lipinski definition) is 3. The lowest BCUT2D eigenvalue weighted by Crippen LogP contribution is -2.33. The number of aromatic amines is 1. The number of rotatable bonds is 7. The van der Waals surface area contributed by atoms with Crippen molar-refractivity contribution in [1.29, 1.82) is 0 Å². The summed E-state index contributed by atoms with van der Waals surface area (Å²) in [5.74, 6) is -0.188. The number of para-hydroxylation sites is 2. The van der Waals surface area contributed by atoms with Crippen LogP contribution in [-0.2, 0) is 17.8 Å². The van der Waals surface area contributed by atoms with Crippen LogP contribution in [0.2, 0.25) is 5.02 Å². The number of nitrogens with zero attached hydrogens (tertiary/aromatic N) is 1. The van der Waals surface area contributed by atoms with Crippen LogP contribution in [0.3, 0.4) is 0 Å². The highest BCUT2D eigenvalue weighted by molar-refractivity contribution is 8.04. The second-order valence-corrected chi connectivity index (χ2v) is 11.1. The predicted octanol–water partition coefficient (Wildman–Crippen LogP) is 7.47. The van der Waals surface area contributed by atoms with Crippen molar-refractivity contribution in [2.24, 2.45) is 0 Å². The molecular formula is C33H26ClN3O2S. The third kappa shape index (κ3) is 5.55. The Morgan fingerprint density at radius 3 is 2.60 bits per heavy atom. The molecule has 0 atom stereocenters. The number of nitrogens with one attached hydrogen (secondary N) is 2. The van der Waals surface area contributed by atoms with Crippen LogP contribution < -0.4 is 10.2 Å². The maximum atomic E-state index is 13.6. The number of hydrogen-bond donors (Lipinski definition) is 2. The number of amides is 2. The molecule has 5 aromatic rings. The third-order valence-electron chi connectivity index (χ3n) is 6.89. The van der Waals surface area contributed by atoms with E-state index in [9.17, 15) is 9.59 Å².